The molecule has 1 amide bonds. The van der Waals surface area contributed by atoms with E-state index in [-0.39, 0.29) is 17.6 Å². The first-order valence-corrected chi connectivity index (χ1v) is 8.88. The number of amides is 1. The Kier molecular flexibility index (Phi) is 5.82. The van der Waals surface area contributed by atoms with E-state index in [4.69, 9.17) is 10.2 Å². The largest absolute Gasteiger partial charge is 0.385 e. The Hall–Kier alpha value is -2.78. The molecule has 9 nitrogen and oxygen atoms in total. The average molecular weight is 371 g/mol. The Balaban J connectivity index is 1.73. The van der Waals surface area contributed by atoms with Gasteiger partial charge in [0.05, 0.1) is 6.54 Å². The number of hydroxylamine groups is 1. The van der Waals surface area contributed by atoms with Crippen LogP contribution in [-0.2, 0) is 11.4 Å². The molecule has 2 heterocycles. The highest BCUT2D eigenvalue weighted by molar-refractivity contribution is 5.94. The minimum Gasteiger partial charge on any atom is -0.385 e. The zero-order chi connectivity index (χ0) is 19.4. The molecule has 1 fully saturated rings. The fourth-order valence-electron chi connectivity index (χ4n) is 2.98. The van der Waals surface area contributed by atoms with Crippen LogP contribution >= 0.6 is 0 Å². The molecule has 9 heteroatoms. The summed E-state index contributed by atoms with van der Waals surface area (Å²) in [6.45, 7) is 5.58. The first kappa shape index (κ1) is 19.0. The lowest BCUT2D eigenvalue weighted by molar-refractivity contribution is 0.0664. The van der Waals surface area contributed by atoms with Crippen LogP contribution in [0.2, 0.25) is 0 Å². The molecule has 144 valence electrons. The number of nitrogens with zero attached hydrogens (tertiary/aromatic N) is 5. The van der Waals surface area contributed by atoms with Gasteiger partial charge in [0.25, 0.3) is 11.8 Å². The zero-order valence-corrected chi connectivity index (χ0v) is 15.9. The lowest BCUT2D eigenvalue weighted by Gasteiger charge is -2.32. The van der Waals surface area contributed by atoms with E-state index in [1.165, 1.54) is 0 Å². The molecule has 0 atom stereocenters. The Labute approximate surface area is 158 Å². The van der Waals surface area contributed by atoms with Crippen molar-refractivity contribution >= 4 is 11.8 Å². The van der Waals surface area contributed by atoms with Crippen molar-refractivity contribution in [1.82, 2.24) is 30.0 Å². The van der Waals surface area contributed by atoms with Gasteiger partial charge in [-0.2, -0.15) is 5.48 Å². The van der Waals surface area contributed by atoms with E-state index in [2.05, 4.69) is 27.5 Å². The smallest absolute Gasteiger partial charge is 0.277 e. The molecule has 0 aliphatic carbocycles. The van der Waals surface area contributed by atoms with Crippen LogP contribution in [0.3, 0.4) is 0 Å². The first-order chi connectivity index (χ1) is 13.0. The number of likely N-dealkylation sites (N-methyl/N-ethyl adjacent to an activating group) is 1. The van der Waals surface area contributed by atoms with E-state index in [9.17, 15) is 4.79 Å². The van der Waals surface area contributed by atoms with Gasteiger partial charge in [-0.1, -0.05) is 12.1 Å². The van der Waals surface area contributed by atoms with Gasteiger partial charge in [-0.3, -0.25) is 10.2 Å². The minimum absolute atomic E-state index is 0.0603. The van der Waals surface area contributed by atoms with Gasteiger partial charge in [0.2, 0.25) is 5.82 Å². The SMILES string of the molecule is CNOC(=N)c1nc(C)n(Cc2cccc(C(=O)N3CCN(C)CC3)c2)n1. The van der Waals surface area contributed by atoms with Crippen molar-refractivity contribution in [1.29, 1.82) is 5.41 Å². The Bertz CT molecular complexity index is 825. The predicted molar refractivity (Wildman–Crippen MR) is 101 cm³/mol. The Morgan fingerprint density at radius 2 is 2.04 bits per heavy atom. The molecule has 27 heavy (non-hydrogen) atoms. The first-order valence-electron chi connectivity index (χ1n) is 8.88. The second kappa shape index (κ2) is 8.28. The van der Waals surface area contributed by atoms with E-state index in [1.54, 1.807) is 11.7 Å². The Morgan fingerprint density at radius 1 is 1.30 bits per heavy atom. The third-order valence-corrected chi connectivity index (χ3v) is 4.56. The summed E-state index contributed by atoms with van der Waals surface area (Å²) in [6.07, 6.45) is 0. The van der Waals surface area contributed by atoms with Crippen molar-refractivity contribution in [3.63, 3.8) is 0 Å². The van der Waals surface area contributed by atoms with E-state index in [0.717, 1.165) is 31.7 Å². The Morgan fingerprint density at radius 3 is 2.74 bits per heavy atom. The van der Waals surface area contributed by atoms with Gasteiger partial charge >= 0.3 is 0 Å². The van der Waals surface area contributed by atoms with Crippen LogP contribution in [0.4, 0.5) is 0 Å². The number of carbonyl (C=O) groups is 1. The number of hydrogen-bond donors (Lipinski definition) is 2. The molecule has 1 saturated heterocycles. The normalized spacial score (nSPS) is 15.0. The van der Waals surface area contributed by atoms with Gasteiger partial charge in [0.1, 0.15) is 5.82 Å². The summed E-state index contributed by atoms with van der Waals surface area (Å²) in [5.74, 6) is 0.806. The van der Waals surface area contributed by atoms with Crippen molar-refractivity contribution in [3.05, 3.63) is 47.0 Å². The molecular weight excluding hydrogens is 346 g/mol. The molecule has 1 aliphatic rings. The highest BCUT2D eigenvalue weighted by Crippen LogP contribution is 2.12. The number of aromatic nitrogens is 3. The molecule has 0 radical (unpaired) electrons. The van der Waals surface area contributed by atoms with E-state index in [0.29, 0.717) is 17.9 Å². The van der Waals surface area contributed by atoms with Gasteiger partial charge in [-0.15, -0.1) is 5.10 Å². The molecule has 2 aromatic rings. The quantitative estimate of drug-likeness (QED) is 0.451. The predicted octanol–water partition coefficient (Wildman–Crippen LogP) is 0.499. The van der Waals surface area contributed by atoms with E-state index >= 15 is 0 Å². The molecule has 1 aromatic carbocycles. The molecular formula is C18H25N7O2. The number of piperazine rings is 1. The standard InChI is InChI=1S/C18H25N7O2/c1-13-21-17(16(19)27-20-2)22-25(13)12-14-5-4-6-15(11-14)18(26)24-9-7-23(3)8-10-24/h4-6,11,19-20H,7-10,12H2,1-3H3. The van der Waals surface area contributed by atoms with Crippen molar-refractivity contribution < 1.29 is 9.63 Å². The second-order valence-corrected chi connectivity index (χ2v) is 6.57. The number of aryl methyl sites for hydroxylation is 1. The van der Waals surface area contributed by atoms with Crippen molar-refractivity contribution in [2.24, 2.45) is 0 Å². The van der Waals surface area contributed by atoms with Crippen molar-refractivity contribution in [2.75, 3.05) is 40.3 Å². The summed E-state index contributed by atoms with van der Waals surface area (Å²) in [4.78, 5) is 26.0. The summed E-state index contributed by atoms with van der Waals surface area (Å²) in [5, 5.41) is 12.1. The van der Waals surface area contributed by atoms with Gasteiger partial charge in [0.15, 0.2) is 0 Å². The van der Waals surface area contributed by atoms with Crippen LogP contribution in [0.5, 0.6) is 0 Å². The number of nitrogens with one attached hydrogen (secondary N) is 2. The maximum absolute atomic E-state index is 12.8. The summed E-state index contributed by atoms with van der Waals surface area (Å²) < 4.78 is 1.70. The maximum atomic E-state index is 12.8. The molecule has 1 aromatic heterocycles. The molecule has 3 rings (SSSR count). The topological polar surface area (TPSA) is 99.4 Å². The highest BCUT2D eigenvalue weighted by Gasteiger charge is 2.20. The number of rotatable bonds is 5. The van der Waals surface area contributed by atoms with Gasteiger partial charge in [-0.05, 0) is 31.7 Å². The monoisotopic (exact) mass is 371 g/mol. The van der Waals surface area contributed by atoms with Crippen LogP contribution in [0.15, 0.2) is 24.3 Å². The van der Waals surface area contributed by atoms with Crippen LogP contribution in [-0.4, -0.2) is 76.6 Å². The average Bonchev–Trinajstić information content (AvgIpc) is 3.03. The van der Waals surface area contributed by atoms with Gasteiger partial charge in [0, 0.05) is 38.8 Å². The molecule has 2 N–H and O–H groups in total. The molecule has 1 aliphatic heterocycles. The number of carbonyl (C=O) groups excluding carboxylic acids is 1. The number of benzene rings is 1. The molecule has 0 bridgehead atoms. The molecule has 0 unspecified atom stereocenters. The molecule has 0 saturated carbocycles. The molecule has 0 spiro atoms. The van der Waals surface area contributed by atoms with E-state index in [1.807, 2.05) is 36.1 Å². The number of hydrogen-bond acceptors (Lipinski definition) is 7. The van der Waals surface area contributed by atoms with Crippen molar-refractivity contribution in [2.45, 2.75) is 13.5 Å². The van der Waals surface area contributed by atoms with Crippen molar-refractivity contribution in [3.8, 4) is 0 Å². The summed E-state index contributed by atoms with van der Waals surface area (Å²) in [5.41, 5.74) is 4.08. The van der Waals surface area contributed by atoms with E-state index < -0.39 is 0 Å². The summed E-state index contributed by atoms with van der Waals surface area (Å²) in [7, 11) is 3.64. The fourth-order valence-corrected chi connectivity index (χ4v) is 2.98. The minimum atomic E-state index is -0.140. The summed E-state index contributed by atoms with van der Waals surface area (Å²) >= 11 is 0. The lowest BCUT2D eigenvalue weighted by Crippen LogP contribution is -2.47. The lowest BCUT2D eigenvalue weighted by atomic mass is 10.1. The second-order valence-electron chi connectivity index (χ2n) is 6.57. The van der Waals surface area contributed by atoms with Crippen LogP contribution in [0, 0.1) is 12.3 Å². The fraction of sp³-hybridized carbons (Fsp3) is 0.444. The maximum Gasteiger partial charge on any atom is 0.277 e. The highest BCUT2D eigenvalue weighted by atomic mass is 16.6. The third-order valence-electron chi connectivity index (χ3n) is 4.56. The van der Waals surface area contributed by atoms with Crippen LogP contribution in [0.25, 0.3) is 0 Å². The van der Waals surface area contributed by atoms with Crippen LogP contribution in [0.1, 0.15) is 27.6 Å². The zero-order valence-electron chi connectivity index (χ0n) is 15.9. The third kappa shape index (κ3) is 4.50. The van der Waals surface area contributed by atoms with Crippen LogP contribution < -0.4 is 5.48 Å². The van der Waals surface area contributed by atoms with Gasteiger partial charge in [-0.25, -0.2) is 9.67 Å². The summed E-state index contributed by atoms with van der Waals surface area (Å²) in [6, 6.07) is 7.59. The van der Waals surface area contributed by atoms with Gasteiger partial charge < -0.3 is 14.6 Å².